The fourth-order valence-electron chi connectivity index (χ4n) is 2.98. The summed E-state index contributed by atoms with van der Waals surface area (Å²) in [6.07, 6.45) is 1.40. The second kappa shape index (κ2) is 11.5. The van der Waals surface area contributed by atoms with Gasteiger partial charge in [0.05, 0.1) is 11.5 Å². The van der Waals surface area contributed by atoms with Crippen LogP contribution in [0.15, 0.2) is 72.3 Å². The van der Waals surface area contributed by atoms with Crippen LogP contribution in [-0.4, -0.2) is 17.4 Å². The topological polar surface area (TPSA) is 114 Å². The number of anilines is 1. The standard InChI is InChI=1S/C25H20ClN3O5/c1-2-33-24-13-17(10-11-23(24)34-16-18-6-3-4-9-22(18)26)12-19(15-27)25(30)28-20-7-5-8-21(14-20)29(31)32/h3-14H,2,16H2,1H3,(H,28,30)/b19-12-. The number of ether oxygens (including phenoxy) is 2. The first-order valence-corrected chi connectivity index (χ1v) is 10.6. The Balaban J connectivity index is 1.79. The Labute approximate surface area is 201 Å². The van der Waals surface area contributed by atoms with Crippen molar-refractivity contribution in [3.63, 3.8) is 0 Å². The molecule has 0 atom stereocenters. The molecule has 0 radical (unpaired) electrons. The van der Waals surface area contributed by atoms with E-state index in [1.165, 1.54) is 30.3 Å². The van der Waals surface area contributed by atoms with Crippen molar-refractivity contribution in [2.75, 3.05) is 11.9 Å². The van der Waals surface area contributed by atoms with Gasteiger partial charge in [0, 0.05) is 28.4 Å². The molecule has 172 valence electrons. The van der Waals surface area contributed by atoms with Crippen molar-refractivity contribution in [2.24, 2.45) is 0 Å². The van der Waals surface area contributed by atoms with Crippen molar-refractivity contribution in [1.29, 1.82) is 5.26 Å². The molecule has 0 spiro atoms. The van der Waals surface area contributed by atoms with E-state index >= 15 is 0 Å². The van der Waals surface area contributed by atoms with Crippen LogP contribution in [0.25, 0.3) is 6.08 Å². The molecule has 3 aromatic carbocycles. The summed E-state index contributed by atoms with van der Waals surface area (Å²) in [5.74, 6) is 0.234. The minimum absolute atomic E-state index is 0.172. The molecule has 1 N–H and O–H groups in total. The van der Waals surface area contributed by atoms with E-state index in [-0.39, 0.29) is 23.6 Å². The first-order valence-electron chi connectivity index (χ1n) is 10.2. The predicted molar refractivity (Wildman–Crippen MR) is 129 cm³/mol. The lowest BCUT2D eigenvalue weighted by Crippen LogP contribution is -2.13. The van der Waals surface area contributed by atoms with E-state index in [2.05, 4.69) is 5.32 Å². The van der Waals surface area contributed by atoms with E-state index < -0.39 is 10.8 Å². The number of nitriles is 1. The fourth-order valence-corrected chi connectivity index (χ4v) is 3.17. The van der Waals surface area contributed by atoms with Crippen LogP contribution >= 0.6 is 11.6 Å². The molecule has 0 bridgehead atoms. The van der Waals surface area contributed by atoms with E-state index in [9.17, 15) is 20.2 Å². The summed E-state index contributed by atoms with van der Waals surface area (Å²) in [4.78, 5) is 22.9. The van der Waals surface area contributed by atoms with Gasteiger partial charge in [0.15, 0.2) is 11.5 Å². The Morgan fingerprint density at radius 3 is 2.62 bits per heavy atom. The number of nitrogens with one attached hydrogen (secondary N) is 1. The number of rotatable bonds is 9. The quantitative estimate of drug-likeness (QED) is 0.181. The van der Waals surface area contributed by atoms with Crippen LogP contribution in [0.1, 0.15) is 18.1 Å². The number of benzene rings is 3. The van der Waals surface area contributed by atoms with Gasteiger partial charge in [0.2, 0.25) is 0 Å². The zero-order valence-corrected chi connectivity index (χ0v) is 18.9. The lowest BCUT2D eigenvalue weighted by molar-refractivity contribution is -0.384. The average molecular weight is 478 g/mol. The Morgan fingerprint density at radius 2 is 1.91 bits per heavy atom. The molecule has 0 aliphatic rings. The van der Waals surface area contributed by atoms with Gasteiger partial charge in [-0.05, 0) is 42.8 Å². The van der Waals surface area contributed by atoms with Crippen LogP contribution in [0.2, 0.25) is 5.02 Å². The largest absolute Gasteiger partial charge is 0.490 e. The van der Waals surface area contributed by atoms with Crippen LogP contribution in [0.3, 0.4) is 0 Å². The second-order valence-electron chi connectivity index (χ2n) is 6.95. The summed E-state index contributed by atoms with van der Waals surface area (Å²) in [5.41, 5.74) is 1.21. The highest BCUT2D eigenvalue weighted by Crippen LogP contribution is 2.31. The highest BCUT2D eigenvalue weighted by atomic mass is 35.5. The molecule has 0 unspecified atom stereocenters. The van der Waals surface area contributed by atoms with Gasteiger partial charge < -0.3 is 14.8 Å². The van der Waals surface area contributed by atoms with Gasteiger partial charge in [0.25, 0.3) is 11.6 Å². The summed E-state index contributed by atoms with van der Waals surface area (Å²) in [7, 11) is 0. The summed E-state index contributed by atoms with van der Waals surface area (Å²) < 4.78 is 11.5. The maximum atomic E-state index is 12.6. The molecule has 1 amide bonds. The molecule has 8 nitrogen and oxygen atoms in total. The normalized spacial score (nSPS) is 10.8. The molecule has 3 aromatic rings. The Kier molecular flexibility index (Phi) is 8.21. The van der Waals surface area contributed by atoms with Gasteiger partial charge in [-0.25, -0.2) is 0 Å². The van der Waals surface area contributed by atoms with E-state index in [0.29, 0.717) is 28.7 Å². The lowest BCUT2D eigenvalue weighted by Gasteiger charge is -2.13. The van der Waals surface area contributed by atoms with Crippen LogP contribution in [-0.2, 0) is 11.4 Å². The molecule has 0 aliphatic heterocycles. The summed E-state index contributed by atoms with van der Waals surface area (Å²) >= 11 is 6.18. The van der Waals surface area contributed by atoms with Gasteiger partial charge in [-0.2, -0.15) is 5.26 Å². The molecule has 34 heavy (non-hydrogen) atoms. The van der Waals surface area contributed by atoms with Gasteiger partial charge in [-0.3, -0.25) is 14.9 Å². The van der Waals surface area contributed by atoms with Crippen molar-refractivity contribution in [1.82, 2.24) is 0 Å². The number of amides is 1. The van der Waals surface area contributed by atoms with Gasteiger partial charge in [-0.15, -0.1) is 0 Å². The minimum atomic E-state index is -0.694. The third-order valence-electron chi connectivity index (χ3n) is 4.60. The molecule has 0 saturated carbocycles. The molecule has 0 aromatic heterocycles. The van der Waals surface area contributed by atoms with E-state index in [4.69, 9.17) is 21.1 Å². The van der Waals surface area contributed by atoms with Crippen molar-refractivity contribution in [3.8, 4) is 17.6 Å². The lowest BCUT2D eigenvalue weighted by atomic mass is 10.1. The van der Waals surface area contributed by atoms with Crippen molar-refractivity contribution in [3.05, 3.63) is 98.6 Å². The fraction of sp³-hybridized carbons (Fsp3) is 0.120. The SMILES string of the molecule is CCOc1cc(/C=C(/C#N)C(=O)Nc2cccc([N+](=O)[O-])c2)ccc1OCc1ccccc1Cl. The monoisotopic (exact) mass is 477 g/mol. The molecular weight excluding hydrogens is 458 g/mol. The van der Waals surface area contributed by atoms with Crippen LogP contribution in [0, 0.1) is 21.4 Å². The van der Waals surface area contributed by atoms with Crippen LogP contribution in [0.5, 0.6) is 11.5 Å². The smallest absolute Gasteiger partial charge is 0.271 e. The molecule has 0 saturated heterocycles. The first-order chi connectivity index (χ1) is 16.4. The highest BCUT2D eigenvalue weighted by Gasteiger charge is 2.14. The summed E-state index contributed by atoms with van der Waals surface area (Å²) in [6, 6.07) is 19.7. The van der Waals surface area contributed by atoms with Gasteiger partial charge >= 0.3 is 0 Å². The van der Waals surface area contributed by atoms with E-state index in [1.807, 2.05) is 31.2 Å². The number of non-ortho nitro benzene ring substituents is 1. The number of hydrogen-bond acceptors (Lipinski definition) is 6. The van der Waals surface area contributed by atoms with Crippen molar-refractivity contribution in [2.45, 2.75) is 13.5 Å². The molecule has 0 heterocycles. The average Bonchev–Trinajstić information content (AvgIpc) is 2.83. The van der Waals surface area contributed by atoms with Crippen LogP contribution < -0.4 is 14.8 Å². The third kappa shape index (κ3) is 6.34. The third-order valence-corrected chi connectivity index (χ3v) is 4.97. The minimum Gasteiger partial charge on any atom is -0.490 e. The Bertz CT molecular complexity index is 1280. The summed E-state index contributed by atoms with van der Waals surface area (Å²) in [6.45, 7) is 2.45. The van der Waals surface area contributed by atoms with Crippen molar-refractivity contribution < 1.29 is 19.2 Å². The molecule has 3 rings (SSSR count). The molecule has 0 fully saturated rings. The number of nitro groups is 1. The van der Waals surface area contributed by atoms with Crippen LogP contribution in [0.4, 0.5) is 11.4 Å². The summed E-state index contributed by atoms with van der Waals surface area (Å²) in [5, 5.41) is 23.5. The second-order valence-corrected chi connectivity index (χ2v) is 7.36. The van der Waals surface area contributed by atoms with E-state index in [0.717, 1.165) is 5.56 Å². The van der Waals surface area contributed by atoms with Gasteiger partial charge in [-0.1, -0.05) is 41.9 Å². The number of nitrogens with zero attached hydrogens (tertiary/aromatic N) is 2. The Morgan fingerprint density at radius 1 is 1.12 bits per heavy atom. The first kappa shape index (κ1) is 24.3. The van der Waals surface area contributed by atoms with Gasteiger partial charge in [0.1, 0.15) is 18.2 Å². The Hall–Kier alpha value is -4.35. The number of carbonyl (C=O) groups excluding carboxylic acids is 1. The number of carbonyl (C=O) groups is 1. The maximum Gasteiger partial charge on any atom is 0.271 e. The zero-order valence-electron chi connectivity index (χ0n) is 18.2. The highest BCUT2D eigenvalue weighted by molar-refractivity contribution is 6.31. The molecule has 9 heteroatoms. The number of nitro benzene ring substituents is 1. The predicted octanol–water partition coefficient (Wildman–Crippen LogP) is 5.77. The zero-order chi connectivity index (χ0) is 24.5. The molecular formula is C25H20ClN3O5. The molecule has 0 aliphatic carbocycles. The van der Waals surface area contributed by atoms with Crippen molar-refractivity contribution >= 4 is 35.0 Å². The van der Waals surface area contributed by atoms with E-state index in [1.54, 1.807) is 24.3 Å². The number of hydrogen-bond donors (Lipinski definition) is 1. The maximum absolute atomic E-state index is 12.6. The number of halogens is 1.